The van der Waals surface area contributed by atoms with Gasteiger partial charge in [-0.2, -0.15) is 0 Å². The minimum Gasteiger partial charge on any atom is -0.497 e. The number of aliphatic imine (C=N–C) groups is 1. The largest absolute Gasteiger partial charge is 0.497 e. The second-order valence-corrected chi connectivity index (χ2v) is 7.10. The van der Waals surface area contributed by atoms with E-state index < -0.39 is 0 Å². The van der Waals surface area contributed by atoms with Gasteiger partial charge in [0.05, 0.1) is 17.7 Å². The summed E-state index contributed by atoms with van der Waals surface area (Å²) in [5.41, 5.74) is 8.34. The molecular weight excluding hydrogens is 362 g/mol. The standard InChI is InChI=1S/C20H23N3O3S/c1-3-9-23(26-13-14-4-6-16(25-2)7-5-14)20(24)15-11-18-17(8-10-27-18)22-19(21)12-15/h4-8,10-11H,3,9,12-13H2,1-2H3,(H2,21,22). The van der Waals surface area contributed by atoms with Crippen LogP contribution < -0.4 is 10.5 Å². The van der Waals surface area contributed by atoms with Gasteiger partial charge in [-0.25, -0.2) is 10.1 Å². The number of fused-ring (bicyclic) bond motifs is 1. The zero-order valence-electron chi connectivity index (χ0n) is 15.5. The fourth-order valence-electron chi connectivity index (χ4n) is 2.71. The first-order valence-corrected chi connectivity index (χ1v) is 9.67. The van der Waals surface area contributed by atoms with Crippen molar-refractivity contribution >= 4 is 34.8 Å². The summed E-state index contributed by atoms with van der Waals surface area (Å²) in [5, 5.41) is 3.36. The normalized spacial score (nSPS) is 13.3. The quantitative estimate of drug-likeness (QED) is 0.733. The molecule has 0 unspecified atom stereocenters. The van der Waals surface area contributed by atoms with E-state index in [2.05, 4.69) is 4.99 Å². The molecule has 0 radical (unpaired) electrons. The number of nitrogens with zero attached hydrogens (tertiary/aromatic N) is 2. The Hall–Kier alpha value is -2.64. The molecule has 1 amide bonds. The fraction of sp³-hybridized carbons (Fsp3) is 0.300. The number of ether oxygens (including phenoxy) is 1. The highest BCUT2D eigenvalue weighted by molar-refractivity contribution is 7.11. The predicted octanol–water partition coefficient (Wildman–Crippen LogP) is 3.90. The molecule has 0 aliphatic carbocycles. The predicted molar refractivity (Wildman–Crippen MR) is 108 cm³/mol. The molecule has 6 nitrogen and oxygen atoms in total. The summed E-state index contributed by atoms with van der Waals surface area (Å²) >= 11 is 1.54. The maximum absolute atomic E-state index is 13.0. The van der Waals surface area contributed by atoms with E-state index in [1.807, 2.05) is 48.7 Å². The van der Waals surface area contributed by atoms with Gasteiger partial charge in [0.25, 0.3) is 5.91 Å². The molecule has 0 saturated heterocycles. The van der Waals surface area contributed by atoms with E-state index in [4.69, 9.17) is 15.3 Å². The van der Waals surface area contributed by atoms with Crippen molar-refractivity contribution in [2.75, 3.05) is 13.7 Å². The molecule has 142 valence electrons. The molecule has 3 rings (SSSR count). The van der Waals surface area contributed by atoms with Crippen LogP contribution in [-0.2, 0) is 16.2 Å². The van der Waals surface area contributed by atoms with Crippen molar-refractivity contribution in [3.63, 3.8) is 0 Å². The number of amidine groups is 1. The maximum atomic E-state index is 13.0. The van der Waals surface area contributed by atoms with Crippen LogP contribution in [0.5, 0.6) is 5.75 Å². The molecule has 2 heterocycles. The average Bonchev–Trinajstić information content (AvgIpc) is 3.04. The summed E-state index contributed by atoms with van der Waals surface area (Å²) in [5.74, 6) is 1.04. The van der Waals surface area contributed by atoms with Crippen LogP contribution >= 0.6 is 11.3 Å². The highest BCUT2D eigenvalue weighted by atomic mass is 32.1. The number of hydrogen-bond donors (Lipinski definition) is 1. The molecule has 0 fully saturated rings. The molecule has 1 aromatic heterocycles. The van der Waals surface area contributed by atoms with Gasteiger partial charge < -0.3 is 10.5 Å². The van der Waals surface area contributed by atoms with E-state index in [1.54, 1.807) is 7.11 Å². The molecule has 0 atom stereocenters. The smallest absolute Gasteiger partial charge is 0.273 e. The molecule has 2 N–H and O–H groups in total. The molecule has 2 aromatic rings. The van der Waals surface area contributed by atoms with E-state index in [0.717, 1.165) is 28.3 Å². The molecule has 27 heavy (non-hydrogen) atoms. The Morgan fingerprint density at radius 2 is 2.07 bits per heavy atom. The first-order chi connectivity index (χ1) is 13.1. The number of carbonyl (C=O) groups excluding carboxylic acids is 1. The lowest BCUT2D eigenvalue weighted by molar-refractivity contribution is -0.187. The number of hydrogen-bond acceptors (Lipinski definition) is 6. The van der Waals surface area contributed by atoms with Crippen molar-refractivity contribution in [3.8, 4) is 5.75 Å². The highest BCUT2D eigenvalue weighted by Gasteiger charge is 2.22. The molecule has 1 aliphatic heterocycles. The average molecular weight is 385 g/mol. The first-order valence-electron chi connectivity index (χ1n) is 8.79. The Labute approximate surface area is 162 Å². The molecule has 0 bridgehead atoms. The lowest BCUT2D eigenvalue weighted by atomic mass is 10.1. The summed E-state index contributed by atoms with van der Waals surface area (Å²) in [6, 6.07) is 9.48. The number of amides is 1. The van der Waals surface area contributed by atoms with Gasteiger partial charge in [0.2, 0.25) is 0 Å². The van der Waals surface area contributed by atoms with E-state index in [9.17, 15) is 4.79 Å². The topological polar surface area (TPSA) is 77.2 Å². The van der Waals surface area contributed by atoms with E-state index in [-0.39, 0.29) is 5.91 Å². The minimum absolute atomic E-state index is 0.176. The number of nitrogens with two attached hydrogens (primary N) is 1. The Bertz CT molecular complexity index is 856. The number of benzene rings is 1. The number of hydroxylamine groups is 2. The number of carbonyl (C=O) groups is 1. The fourth-order valence-corrected chi connectivity index (χ4v) is 3.50. The molecule has 0 saturated carbocycles. The van der Waals surface area contributed by atoms with Gasteiger partial charge in [-0.05, 0) is 41.6 Å². The molecule has 1 aromatic carbocycles. The van der Waals surface area contributed by atoms with Gasteiger partial charge in [-0.1, -0.05) is 19.1 Å². The summed E-state index contributed by atoms with van der Waals surface area (Å²) in [7, 11) is 1.63. The molecule has 7 heteroatoms. The third kappa shape index (κ3) is 4.75. The maximum Gasteiger partial charge on any atom is 0.273 e. The van der Waals surface area contributed by atoms with E-state index >= 15 is 0 Å². The van der Waals surface area contributed by atoms with Crippen LogP contribution in [-0.4, -0.2) is 30.5 Å². The monoisotopic (exact) mass is 385 g/mol. The molecule has 0 spiro atoms. The van der Waals surface area contributed by atoms with Crippen LogP contribution in [0.2, 0.25) is 0 Å². The summed E-state index contributed by atoms with van der Waals surface area (Å²) in [6.45, 7) is 2.81. The van der Waals surface area contributed by atoms with Crippen LogP contribution in [0.25, 0.3) is 6.08 Å². The van der Waals surface area contributed by atoms with Gasteiger partial charge in [0.15, 0.2) is 0 Å². The van der Waals surface area contributed by atoms with Crippen LogP contribution in [0.1, 0.15) is 30.2 Å². The lowest BCUT2D eigenvalue weighted by Crippen LogP contribution is -2.34. The van der Waals surface area contributed by atoms with E-state index in [0.29, 0.717) is 31.0 Å². The van der Waals surface area contributed by atoms with E-state index in [1.165, 1.54) is 16.4 Å². The Balaban J connectivity index is 1.74. The third-order valence-corrected chi connectivity index (χ3v) is 4.94. The van der Waals surface area contributed by atoms with Crippen LogP contribution in [0.3, 0.4) is 0 Å². The van der Waals surface area contributed by atoms with Crippen molar-refractivity contribution in [3.05, 3.63) is 51.7 Å². The van der Waals surface area contributed by atoms with Gasteiger partial charge >= 0.3 is 0 Å². The number of thiophene rings is 1. The second-order valence-electron chi connectivity index (χ2n) is 6.15. The second kappa shape index (κ2) is 8.83. The first kappa shape index (κ1) is 19.1. The van der Waals surface area contributed by atoms with Gasteiger partial charge in [-0.3, -0.25) is 9.63 Å². The summed E-state index contributed by atoms with van der Waals surface area (Å²) in [4.78, 5) is 24.2. The Kier molecular flexibility index (Phi) is 6.26. The lowest BCUT2D eigenvalue weighted by Gasteiger charge is -2.22. The van der Waals surface area contributed by atoms with Crippen molar-refractivity contribution < 1.29 is 14.4 Å². The third-order valence-electron chi connectivity index (χ3n) is 4.09. The van der Waals surface area contributed by atoms with Crippen molar-refractivity contribution in [2.24, 2.45) is 10.7 Å². The van der Waals surface area contributed by atoms with Gasteiger partial charge in [-0.15, -0.1) is 11.3 Å². The minimum atomic E-state index is -0.176. The summed E-state index contributed by atoms with van der Waals surface area (Å²) in [6.07, 6.45) is 2.97. The van der Waals surface area contributed by atoms with Crippen LogP contribution in [0, 0.1) is 0 Å². The molecular formula is C20H23N3O3S. The zero-order valence-corrected chi connectivity index (χ0v) is 16.3. The highest BCUT2D eigenvalue weighted by Crippen LogP contribution is 2.31. The van der Waals surface area contributed by atoms with Gasteiger partial charge in [0, 0.05) is 18.5 Å². The summed E-state index contributed by atoms with van der Waals surface area (Å²) < 4.78 is 5.16. The SMILES string of the molecule is CCCN(OCc1ccc(OC)cc1)C(=O)C1=Cc2sccc2N=C(N)C1. The van der Waals surface area contributed by atoms with Gasteiger partial charge in [0.1, 0.15) is 18.2 Å². The van der Waals surface area contributed by atoms with Crippen molar-refractivity contribution in [1.29, 1.82) is 0 Å². The van der Waals surface area contributed by atoms with Crippen LogP contribution in [0.4, 0.5) is 5.69 Å². The Morgan fingerprint density at radius 3 is 2.78 bits per heavy atom. The number of rotatable bonds is 7. The van der Waals surface area contributed by atoms with Crippen LogP contribution in [0.15, 0.2) is 46.3 Å². The zero-order chi connectivity index (χ0) is 19.2. The van der Waals surface area contributed by atoms with Crippen molar-refractivity contribution in [1.82, 2.24) is 5.06 Å². The van der Waals surface area contributed by atoms with Crippen molar-refractivity contribution in [2.45, 2.75) is 26.4 Å². The molecule has 1 aliphatic rings. The number of methoxy groups -OCH3 is 1. The Morgan fingerprint density at radius 1 is 1.30 bits per heavy atom.